The van der Waals surface area contributed by atoms with Crippen LogP contribution in [0.15, 0.2) is 40.3 Å². The van der Waals surface area contributed by atoms with Crippen molar-refractivity contribution in [1.82, 2.24) is 9.78 Å². The minimum atomic E-state index is -0.648. The topological polar surface area (TPSA) is 116 Å². The van der Waals surface area contributed by atoms with Gasteiger partial charge in [-0.05, 0) is 40.3 Å². The molecule has 0 bridgehead atoms. The van der Waals surface area contributed by atoms with Gasteiger partial charge in [0.1, 0.15) is 21.6 Å². The molecule has 1 aromatic carbocycles. The molecule has 0 radical (unpaired) electrons. The van der Waals surface area contributed by atoms with Crippen LogP contribution in [0, 0.1) is 17.0 Å². The van der Waals surface area contributed by atoms with Crippen LogP contribution in [0.5, 0.6) is 0 Å². The molecule has 0 aliphatic heterocycles. The number of rotatable bonds is 7. The molecule has 0 aliphatic rings. The predicted octanol–water partition coefficient (Wildman–Crippen LogP) is 4.41. The summed E-state index contributed by atoms with van der Waals surface area (Å²) in [6, 6.07) is 7.66. The highest BCUT2D eigenvalue weighted by molar-refractivity contribution is 9.10. The molecule has 3 aromatic rings. The van der Waals surface area contributed by atoms with E-state index in [0.29, 0.717) is 10.6 Å². The fourth-order valence-electron chi connectivity index (χ4n) is 2.71. The summed E-state index contributed by atoms with van der Waals surface area (Å²) >= 11 is 4.24. The summed E-state index contributed by atoms with van der Waals surface area (Å²) in [6.07, 6.45) is 1.34. The smallest absolute Gasteiger partial charge is 0.404 e. The molecule has 1 amide bonds. The molecule has 156 valence electrons. The molecule has 2 heterocycles. The van der Waals surface area contributed by atoms with Gasteiger partial charge >= 0.3 is 11.8 Å². The number of halogens is 1. The molecule has 0 saturated carbocycles. The molecule has 0 atom stereocenters. The van der Waals surface area contributed by atoms with Crippen molar-refractivity contribution in [2.75, 3.05) is 11.9 Å². The second-order valence-corrected chi connectivity index (χ2v) is 7.98. The highest BCUT2D eigenvalue weighted by atomic mass is 79.9. The Morgan fingerprint density at radius 2 is 2.03 bits per heavy atom. The summed E-state index contributed by atoms with van der Waals surface area (Å²) < 4.78 is 6.50. The predicted molar refractivity (Wildman–Crippen MR) is 116 cm³/mol. The lowest BCUT2D eigenvalue weighted by Crippen LogP contribution is -2.20. The van der Waals surface area contributed by atoms with Gasteiger partial charge in [0, 0.05) is 10.9 Å². The summed E-state index contributed by atoms with van der Waals surface area (Å²) in [5.74, 6) is -1.40. The summed E-state index contributed by atoms with van der Waals surface area (Å²) in [7, 11) is 0. The molecule has 0 aliphatic carbocycles. The number of aryl methyl sites for hydroxylation is 1. The number of benzene rings is 1. The Morgan fingerprint density at radius 3 is 2.63 bits per heavy atom. The molecule has 0 saturated heterocycles. The molecule has 9 nitrogen and oxygen atoms in total. The van der Waals surface area contributed by atoms with Gasteiger partial charge in [-0.15, -0.1) is 11.3 Å². The molecule has 11 heteroatoms. The number of nitro groups is 1. The van der Waals surface area contributed by atoms with Gasteiger partial charge in [0.15, 0.2) is 0 Å². The Balaban J connectivity index is 1.87. The Labute approximate surface area is 183 Å². The maximum absolute atomic E-state index is 12.6. The van der Waals surface area contributed by atoms with Crippen LogP contribution < -0.4 is 5.32 Å². The normalized spacial score (nSPS) is 10.6. The fourth-order valence-corrected chi connectivity index (χ4v) is 4.14. The third-order valence-electron chi connectivity index (χ3n) is 4.06. The number of hydrogen-bond donors (Lipinski definition) is 1. The van der Waals surface area contributed by atoms with E-state index in [1.54, 1.807) is 12.3 Å². The van der Waals surface area contributed by atoms with Crippen LogP contribution in [0.25, 0.3) is 11.1 Å². The van der Waals surface area contributed by atoms with E-state index in [1.165, 1.54) is 17.5 Å². The molecule has 0 unspecified atom stereocenters. The lowest BCUT2D eigenvalue weighted by molar-refractivity contribution is -0.390. The number of anilines is 1. The van der Waals surface area contributed by atoms with Gasteiger partial charge in [0.2, 0.25) is 5.91 Å². The first-order valence-corrected chi connectivity index (χ1v) is 10.5. The van der Waals surface area contributed by atoms with Gasteiger partial charge in [-0.2, -0.15) is 4.68 Å². The number of nitrogens with one attached hydrogen (secondary N) is 1. The molecule has 0 fully saturated rings. The van der Waals surface area contributed by atoms with Crippen LogP contribution in [0.4, 0.5) is 10.8 Å². The van der Waals surface area contributed by atoms with Crippen molar-refractivity contribution in [3.8, 4) is 11.1 Å². The second kappa shape index (κ2) is 9.18. The highest BCUT2D eigenvalue weighted by Gasteiger charge is 2.24. The zero-order valence-corrected chi connectivity index (χ0v) is 18.4. The SMILES string of the molecule is CCOC(=O)c1c(-c2ccc(C)cc2)csc1NC(=O)Cn1cc(Br)c([N+](=O)[O-])n1. The number of esters is 1. The van der Waals surface area contributed by atoms with Crippen LogP contribution in [-0.2, 0) is 16.1 Å². The number of amides is 1. The van der Waals surface area contributed by atoms with Gasteiger partial charge in [-0.25, -0.2) is 4.79 Å². The van der Waals surface area contributed by atoms with E-state index in [1.807, 2.05) is 31.2 Å². The molecular formula is C19H17BrN4O5S. The average molecular weight is 493 g/mol. The third-order valence-corrected chi connectivity index (χ3v) is 5.52. The number of aromatic nitrogens is 2. The highest BCUT2D eigenvalue weighted by Crippen LogP contribution is 2.36. The average Bonchev–Trinajstić information content (AvgIpc) is 3.26. The number of thiophene rings is 1. The first kappa shape index (κ1) is 21.7. The van der Waals surface area contributed by atoms with E-state index >= 15 is 0 Å². The van der Waals surface area contributed by atoms with E-state index in [0.717, 1.165) is 15.8 Å². The quantitative estimate of drug-likeness (QED) is 0.296. The summed E-state index contributed by atoms with van der Waals surface area (Å²) in [6.45, 7) is 3.61. The summed E-state index contributed by atoms with van der Waals surface area (Å²) in [4.78, 5) is 35.3. The van der Waals surface area contributed by atoms with Crippen molar-refractivity contribution in [1.29, 1.82) is 0 Å². The Hall–Kier alpha value is -3.05. The third kappa shape index (κ3) is 4.74. The number of carbonyl (C=O) groups excluding carboxylic acids is 2. The largest absolute Gasteiger partial charge is 0.462 e. The van der Waals surface area contributed by atoms with E-state index in [9.17, 15) is 19.7 Å². The standard InChI is InChI=1S/C19H17BrN4O5S/c1-3-29-19(26)16-13(12-6-4-11(2)5-7-12)10-30-18(16)21-15(25)9-23-8-14(20)17(22-23)24(27)28/h4-8,10H,3,9H2,1-2H3,(H,21,25). The van der Waals surface area contributed by atoms with Crippen LogP contribution >= 0.6 is 27.3 Å². The zero-order chi connectivity index (χ0) is 21.8. The van der Waals surface area contributed by atoms with E-state index in [4.69, 9.17) is 4.74 Å². The van der Waals surface area contributed by atoms with Crippen molar-refractivity contribution < 1.29 is 19.2 Å². The van der Waals surface area contributed by atoms with E-state index < -0.39 is 16.8 Å². The maximum Gasteiger partial charge on any atom is 0.404 e. The Morgan fingerprint density at radius 1 is 1.33 bits per heavy atom. The lowest BCUT2D eigenvalue weighted by Gasteiger charge is -2.08. The maximum atomic E-state index is 12.6. The van der Waals surface area contributed by atoms with Gasteiger partial charge in [-0.3, -0.25) is 4.79 Å². The van der Waals surface area contributed by atoms with Crippen LogP contribution in [0.2, 0.25) is 0 Å². The van der Waals surface area contributed by atoms with Crippen LogP contribution in [0.3, 0.4) is 0 Å². The van der Waals surface area contributed by atoms with Crippen molar-refractivity contribution in [2.24, 2.45) is 0 Å². The molecule has 2 aromatic heterocycles. The fraction of sp³-hybridized carbons (Fsp3) is 0.211. The molecule has 0 spiro atoms. The van der Waals surface area contributed by atoms with E-state index in [-0.39, 0.29) is 29.0 Å². The Bertz CT molecular complexity index is 1110. The van der Waals surface area contributed by atoms with Gasteiger partial charge in [-0.1, -0.05) is 29.8 Å². The number of ether oxygens (including phenoxy) is 1. The molecule has 3 rings (SSSR count). The van der Waals surface area contributed by atoms with Gasteiger partial charge in [0.05, 0.1) is 17.9 Å². The lowest BCUT2D eigenvalue weighted by atomic mass is 10.0. The van der Waals surface area contributed by atoms with Crippen LogP contribution in [0.1, 0.15) is 22.8 Å². The summed E-state index contributed by atoms with van der Waals surface area (Å²) in [5.41, 5.74) is 2.84. The minimum Gasteiger partial charge on any atom is -0.462 e. The number of nitrogens with zero attached hydrogens (tertiary/aromatic N) is 3. The number of carbonyl (C=O) groups is 2. The molecule has 30 heavy (non-hydrogen) atoms. The Kier molecular flexibility index (Phi) is 6.63. The van der Waals surface area contributed by atoms with Crippen molar-refractivity contribution >= 4 is 50.0 Å². The molecule has 1 N–H and O–H groups in total. The van der Waals surface area contributed by atoms with Crippen molar-refractivity contribution in [3.63, 3.8) is 0 Å². The monoisotopic (exact) mass is 492 g/mol. The first-order valence-electron chi connectivity index (χ1n) is 8.83. The van der Waals surface area contributed by atoms with Crippen molar-refractivity contribution in [3.05, 3.63) is 61.6 Å². The van der Waals surface area contributed by atoms with Gasteiger partial charge in [0.25, 0.3) is 0 Å². The zero-order valence-electron chi connectivity index (χ0n) is 16.0. The first-order chi connectivity index (χ1) is 14.3. The summed E-state index contributed by atoms with van der Waals surface area (Å²) in [5, 5.41) is 19.5. The second-order valence-electron chi connectivity index (χ2n) is 6.24. The van der Waals surface area contributed by atoms with Crippen LogP contribution in [-0.4, -0.2) is 33.2 Å². The number of hydrogen-bond acceptors (Lipinski definition) is 7. The van der Waals surface area contributed by atoms with Crippen molar-refractivity contribution in [2.45, 2.75) is 20.4 Å². The minimum absolute atomic E-state index is 0.172. The van der Waals surface area contributed by atoms with E-state index in [2.05, 4.69) is 26.3 Å². The molecular weight excluding hydrogens is 476 g/mol. The van der Waals surface area contributed by atoms with Gasteiger partial charge < -0.3 is 20.2 Å².